The van der Waals surface area contributed by atoms with Crippen molar-refractivity contribution in [2.45, 2.75) is 31.8 Å². The van der Waals surface area contributed by atoms with Gasteiger partial charge in [-0.15, -0.1) is 0 Å². The van der Waals surface area contributed by atoms with Crippen LogP contribution in [0.1, 0.15) is 46.9 Å². The lowest BCUT2D eigenvalue weighted by Gasteiger charge is -2.35. The Morgan fingerprint density at radius 2 is 2.16 bits per heavy atom. The molecule has 1 fully saturated rings. The fourth-order valence-corrected chi connectivity index (χ4v) is 3.56. The second kappa shape index (κ2) is 6.64. The number of hydrogen-bond donors (Lipinski definition) is 1. The van der Waals surface area contributed by atoms with Crippen LogP contribution in [-0.2, 0) is 6.54 Å². The molecule has 1 aromatic carbocycles. The highest BCUT2D eigenvalue weighted by atomic mass is 16.4. The summed E-state index contributed by atoms with van der Waals surface area (Å²) in [5, 5.41) is 9.19. The number of aromatic nitrogens is 3. The normalized spacial score (nSPS) is 18.5. The van der Waals surface area contributed by atoms with Crippen molar-refractivity contribution in [1.82, 2.24) is 19.3 Å². The summed E-state index contributed by atoms with van der Waals surface area (Å²) in [6, 6.07) is 9.50. The minimum Gasteiger partial charge on any atom is -0.478 e. The molecule has 3 heterocycles. The number of imidazole rings is 1. The summed E-state index contributed by atoms with van der Waals surface area (Å²) in [7, 11) is 0. The molecule has 6 nitrogen and oxygen atoms in total. The maximum Gasteiger partial charge on any atom is 0.335 e. The summed E-state index contributed by atoms with van der Waals surface area (Å²) in [6.07, 6.45) is 9.04. The Morgan fingerprint density at radius 1 is 1.24 bits per heavy atom. The van der Waals surface area contributed by atoms with Gasteiger partial charge in [-0.2, -0.15) is 0 Å². The molecule has 1 N–H and O–H groups in total. The fourth-order valence-electron chi connectivity index (χ4n) is 3.56. The van der Waals surface area contributed by atoms with Gasteiger partial charge in [0.2, 0.25) is 5.78 Å². The van der Waals surface area contributed by atoms with Crippen molar-refractivity contribution >= 4 is 11.7 Å². The number of carboxylic acids is 1. The van der Waals surface area contributed by atoms with Crippen LogP contribution in [0.2, 0.25) is 0 Å². The van der Waals surface area contributed by atoms with E-state index < -0.39 is 5.97 Å². The van der Waals surface area contributed by atoms with Gasteiger partial charge in [-0.1, -0.05) is 18.6 Å². The van der Waals surface area contributed by atoms with E-state index in [1.165, 1.54) is 6.42 Å². The predicted molar refractivity (Wildman–Crippen MR) is 93.4 cm³/mol. The van der Waals surface area contributed by atoms with Gasteiger partial charge in [0, 0.05) is 25.1 Å². The van der Waals surface area contributed by atoms with Crippen LogP contribution in [0.3, 0.4) is 0 Å². The molecule has 25 heavy (non-hydrogen) atoms. The number of carbonyl (C=O) groups is 1. The van der Waals surface area contributed by atoms with Crippen molar-refractivity contribution < 1.29 is 9.90 Å². The molecule has 128 valence electrons. The Hall–Kier alpha value is -2.73. The molecule has 0 amide bonds. The third kappa shape index (κ3) is 3.25. The first-order valence-corrected chi connectivity index (χ1v) is 8.56. The number of aromatic carboxylic acids is 1. The molecular formula is C19H20N4O2. The predicted octanol–water partition coefficient (Wildman–Crippen LogP) is 3.15. The highest BCUT2D eigenvalue weighted by Gasteiger charge is 2.25. The Balaban J connectivity index is 1.60. The van der Waals surface area contributed by atoms with Gasteiger partial charge in [0.1, 0.15) is 0 Å². The van der Waals surface area contributed by atoms with Gasteiger partial charge >= 0.3 is 5.97 Å². The topological polar surface area (TPSA) is 70.7 Å². The largest absolute Gasteiger partial charge is 0.478 e. The lowest BCUT2D eigenvalue weighted by molar-refractivity contribution is 0.0696. The number of fused-ring (bicyclic) bond motifs is 1. The zero-order valence-corrected chi connectivity index (χ0v) is 13.9. The van der Waals surface area contributed by atoms with Gasteiger partial charge in [0.25, 0.3) is 0 Å². The number of piperidine rings is 1. The van der Waals surface area contributed by atoms with Crippen molar-refractivity contribution in [3.63, 3.8) is 0 Å². The first-order valence-electron chi connectivity index (χ1n) is 8.56. The average Bonchev–Trinajstić information content (AvgIpc) is 3.10. The molecule has 0 bridgehead atoms. The van der Waals surface area contributed by atoms with Gasteiger partial charge in [-0.05, 0) is 43.1 Å². The van der Waals surface area contributed by atoms with E-state index in [1.54, 1.807) is 18.3 Å². The molecule has 2 aromatic heterocycles. The number of rotatable bonds is 4. The first-order chi connectivity index (χ1) is 12.2. The average molecular weight is 336 g/mol. The Kier molecular flexibility index (Phi) is 4.19. The van der Waals surface area contributed by atoms with Crippen molar-refractivity contribution in [3.05, 3.63) is 65.7 Å². The van der Waals surface area contributed by atoms with E-state index in [4.69, 9.17) is 4.98 Å². The maximum atomic E-state index is 11.2. The van der Waals surface area contributed by atoms with Gasteiger partial charge in [0.05, 0.1) is 17.3 Å². The monoisotopic (exact) mass is 336 g/mol. The third-order valence-corrected chi connectivity index (χ3v) is 4.80. The van der Waals surface area contributed by atoms with E-state index in [2.05, 4.69) is 16.0 Å². The molecule has 0 aliphatic carbocycles. The Morgan fingerprint density at radius 3 is 3.04 bits per heavy atom. The molecule has 1 aliphatic heterocycles. The number of carboxylic acid groups (broad SMARTS) is 1. The molecule has 6 heteroatoms. The Bertz CT molecular complexity index is 905. The first kappa shape index (κ1) is 15.8. The van der Waals surface area contributed by atoms with E-state index in [0.29, 0.717) is 5.56 Å². The zero-order chi connectivity index (χ0) is 17.2. The minimum absolute atomic E-state index is 0.240. The molecule has 0 radical (unpaired) electrons. The maximum absolute atomic E-state index is 11.2. The summed E-state index contributed by atoms with van der Waals surface area (Å²) in [6.45, 7) is 1.72. The zero-order valence-electron chi connectivity index (χ0n) is 13.9. The van der Waals surface area contributed by atoms with E-state index in [0.717, 1.165) is 43.0 Å². The van der Waals surface area contributed by atoms with Gasteiger partial charge in [-0.25, -0.2) is 14.8 Å². The second-order valence-corrected chi connectivity index (χ2v) is 6.47. The second-order valence-electron chi connectivity index (χ2n) is 6.47. The summed E-state index contributed by atoms with van der Waals surface area (Å²) in [4.78, 5) is 22.6. The number of likely N-dealkylation sites (tertiary alicyclic amines) is 1. The number of nitrogens with zero attached hydrogens (tertiary/aromatic N) is 4. The van der Waals surface area contributed by atoms with Crippen LogP contribution in [0.25, 0.3) is 5.78 Å². The minimum atomic E-state index is -0.886. The number of hydrogen-bond acceptors (Lipinski definition) is 4. The van der Waals surface area contributed by atoms with Crippen molar-refractivity contribution in [2.75, 3.05) is 6.54 Å². The highest BCUT2D eigenvalue weighted by molar-refractivity contribution is 5.87. The third-order valence-electron chi connectivity index (χ3n) is 4.80. The summed E-state index contributed by atoms with van der Waals surface area (Å²) >= 11 is 0. The molecule has 1 atom stereocenters. The SMILES string of the molecule is O=C(O)c1cccc(CN2CCCCC2c2ccn3ccnc3n2)c1. The quantitative estimate of drug-likeness (QED) is 0.792. The van der Waals surface area contributed by atoms with Gasteiger partial charge in [-0.3, -0.25) is 9.30 Å². The molecule has 4 rings (SSSR count). The van der Waals surface area contributed by atoms with Crippen molar-refractivity contribution in [1.29, 1.82) is 0 Å². The van der Waals surface area contributed by atoms with Crippen LogP contribution in [-0.4, -0.2) is 36.9 Å². The van der Waals surface area contributed by atoms with E-state index in [-0.39, 0.29) is 6.04 Å². The summed E-state index contributed by atoms with van der Waals surface area (Å²) < 4.78 is 1.91. The van der Waals surface area contributed by atoms with Crippen LogP contribution in [0.5, 0.6) is 0 Å². The Labute approximate surface area is 145 Å². The molecule has 0 saturated carbocycles. The summed E-state index contributed by atoms with van der Waals surface area (Å²) in [5.41, 5.74) is 2.39. The van der Waals surface area contributed by atoms with Crippen LogP contribution in [0, 0.1) is 0 Å². The molecular weight excluding hydrogens is 316 g/mol. The summed E-state index contributed by atoms with van der Waals surface area (Å²) in [5.74, 6) is -0.167. The fraction of sp³-hybridized carbons (Fsp3) is 0.316. The van der Waals surface area contributed by atoms with Crippen molar-refractivity contribution in [3.8, 4) is 0 Å². The number of benzene rings is 1. The lowest BCUT2D eigenvalue weighted by Crippen LogP contribution is -2.33. The lowest BCUT2D eigenvalue weighted by atomic mass is 9.98. The van der Waals surface area contributed by atoms with E-state index in [1.807, 2.05) is 28.9 Å². The van der Waals surface area contributed by atoms with E-state index >= 15 is 0 Å². The molecule has 3 aromatic rings. The van der Waals surface area contributed by atoms with E-state index in [9.17, 15) is 9.90 Å². The van der Waals surface area contributed by atoms with Crippen LogP contribution < -0.4 is 0 Å². The van der Waals surface area contributed by atoms with Gasteiger partial charge in [0.15, 0.2) is 0 Å². The molecule has 1 saturated heterocycles. The van der Waals surface area contributed by atoms with Gasteiger partial charge < -0.3 is 5.11 Å². The van der Waals surface area contributed by atoms with Crippen LogP contribution >= 0.6 is 0 Å². The standard InChI is InChI=1S/C19H20N4O2/c24-18(25)15-5-3-4-14(12-15)13-23-9-2-1-6-17(23)16-7-10-22-11-8-20-19(22)21-16/h3-5,7-8,10-12,17H,1-2,6,9,13H2,(H,24,25). The smallest absolute Gasteiger partial charge is 0.335 e. The highest BCUT2D eigenvalue weighted by Crippen LogP contribution is 2.31. The van der Waals surface area contributed by atoms with Crippen LogP contribution in [0.15, 0.2) is 48.9 Å². The van der Waals surface area contributed by atoms with Crippen LogP contribution in [0.4, 0.5) is 0 Å². The molecule has 1 aliphatic rings. The molecule has 1 unspecified atom stereocenters. The molecule has 0 spiro atoms. The van der Waals surface area contributed by atoms with Crippen molar-refractivity contribution in [2.24, 2.45) is 0 Å².